The number of hydrogen-bond donors (Lipinski definition) is 1. The molecule has 3 rings (SSSR count). The molecule has 2 aromatic rings. The Hall–Kier alpha value is -2.73. The molecule has 1 aliphatic heterocycles. The molecule has 1 atom stereocenters. The fraction of sp³-hybridized carbons (Fsp3) is 0.440. The second-order valence-electron chi connectivity index (χ2n) is 8.44. The maximum atomic E-state index is 13.2. The van der Waals surface area contributed by atoms with Gasteiger partial charge in [-0.05, 0) is 36.5 Å². The third kappa shape index (κ3) is 6.16. The monoisotopic (exact) mass is 458 g/mol. The summed E-state index contributed by atoms with van der Waals surface area (Å²) in [5, 5.41) is 3.21. The van der Waals surface area contributed by atoms with Crippen LogP contribution in [0, 0.1) is 5.92 Å². The molecule has 2 amide bonds. The van der Waals surface area contributed by atoms with Crippen molar-refractivity contribution in [2.24, 2.45) is 5.92 Å². The lowest BCUT2D eigenvalue weighted by Crippen LogP contribution is -2.49. The molecule has 0 spiro atoms. The normalized spacial score (nSPS) is 14.3. The minimum atomic E-state index is -0.662. The van der Waals surface area contributed by atoms with E-state index in [0.29, 0.717) is 41.0 Å². The van der Waals surface area contributed by atoms with E-state index in [-0.39, 0.29) is 11.8 Å². The van der Waals surface area contributed by atoms with Gasteiger partial charge in [-0.2, -0.15) is 0 Å². The summed E-state index contributed by atoms with van der Waals surface area (Å²) in [4.78, 5) is 28.1. The molecule has 0 bridgehead atoms. The lowest BCUT2D eigenvalue weighted by atomic mass is 10.0. The number of amides is 2. The SMILES string of the molecule is COc1cc(C(=O)NC(Cc2ccccc2)C(=O)N2CCCC2)cc(Cl)c1OCC(C)C. The summed E-state index contributed by atoms with van der Waals surface area (Å²) in [6.45, 7) is 5.99. The predicted molar refractivity (Wildman–Crippen MR) is 126 cm³/mol. The highest BCUT2D eigenvalue weighted by Crippen LogP contribution is 2.36. The van der Waals surface area contributed by atoms with Gasteiger partial charge in [-0.15, -0.1) is 0 Å². The first-order chi connectivity index (χ1) is 15.4. The number of nitrogens with one attached hydrogen (secondary N) is 1. The smallest absolute Gasteiger partial charge is 0.252 e. The Kier molecular flexibility index (Phi) is 8.39. The highest BCUT2D eigenvalue weighted by Gasteiger charge is 2.29. The van der Waals surface area contributed by atoms with Gasteiger partial charge in [0.15, 0.2) is 11.5 Å². The zero-order valence-electron chi connectivity index (χ0n) is 18.9. The highest BCUT2D eigenvalue weighted by molar-refractivity contribution is 6.32. The van der Waals surface area contributed by atoms with E-state index in [1.54, 1.807) is 12.1 Å². The molecule has 1 saturated heterocycles. The Balaban J connectivity index is 1.81. The van der Waals surface area contributed by atoms with E-state index in [2.05, 4.69) is 5.32 Å². The van der Waals surface area contributed by atoms with Crippen molar-refractivity contribution in [1.82, 2.24) is 10.2 Å². The molecule has 1 heterocycles. The van der Waals surface area contributed by atoms with E-state index in [9.17, 15) is 9.59 Å². The van der Waals surface area contributed by atoms with Gasteiger partial charge in [0, 0.05) is 25.1 Å². The average Bonchev–Trinajstić information content (AvgIpc) is 3.32. The number of nitrogens with zero attached hydrogens (tertiary/aromatic N) is 1. The largest absolute Gasteiger partial charge is 0.493 e. The Morgan fingerprint density at radius 1 is 1.12 bits per heavy atom. The third-order valence-corrected chi connectivity index (χ3v) is 5.64. The molecule has 0 aliphatic carbocycles. The molecular formula is C25H31ClN2O4. The van der Waals surface area contributed by atoms with Crippen LogP contribution in [-0.2, 0) is 11.2 Å². The zero-order valence-corrected chi connectivity index (χ0v) is 19.7. The van der Waals surface area contributed by atoms with Crippen LogP contribution in [0.2, 0.25) is 5.02 Å². The van der Waals surface area contributed by atoms with Crippen molar-refractivity contribution in [2.75, 3.05) is 26.8 Å². The minimum absolute atomic E-state index is 0.0605. The van der Waals surface area contributed by atoms with Crippen LogP contribution >= 0.6 is 11.6 Å². The molecule has 2 aromatic carbocycles. The fourth-order valence-corrected chi connectivity index (χ4v) is 3.96. The Morgan fingerprint density at radius 3 is 2.44 bits per heavy atom. The van der Waals surface area contributed by atoms with Crippen LogP contribution in [0.3, 0.4) is 0 Å². The number of halogens is 1. The predicted octanol–water partition coefficient (Wildman–Crippen LogP) is 4.35. The minimum Gasteiger partial charge on any atom is -0.493 e. The first-order valence-electron chi connectivity index (χ1n) is 11.0. The average molecular weight is 459 g/mol. The van der Waals surface area contributed by atoms with Crippen molar-refractivity contribution in [3.8, 4) is 11.5 Å². The van der Waals surface area contributed by atoms with Crippen LogP contribution in [0.1, 0.15) is 42.6 Å². The van der Waals surface area contributed by atoms with Gasteiger partial charge in [-0.25, -0.2) is 0 Å². The van der Waals surface area contributed by atoms with E-state index in [1.807, 2.05) is 49.1 Å². The molecule has 172 valence electrons. The number of hydrogen-bond acceptors (Lipinski definition) is 4. The van der Waals surface area contributed by atoms with Crippen molar-refractivity contribution in [1.29, 1.82) is 0 Å². The molecule has 0 radical (unpaired) electrons. The molecule has 32 heavy (non-hydrogen) atoms. The Bertz CT molecular complexity index is 927. The van der Waals surface area contributed by atoms with Gasteiger partial charge in [-0.1, -0.05) is 55.8 Å². The van der Waals surface area contributed by atoms with Crippen molar-refractivity contribution in [3.05, 3.63) is 58.6 Å². The van der Waals surface area contributed by atoms with Gasteiger partial charge in [0.1, 0.15) is 6.04 Å². The van der Waals surface area contributed by atoms with Gasteiger partial charge in [0.25, 0.3) is 5.91 Å². The van der Waals surface area contributed by atoms with Crippen LogP contribution in [-0.4, -0.2) is 49.6 Å². The molecule has 1 unspecified atom stereocenters. The first-order valence-corrected chi connectivity index (χ1v) is 11.4. The van der Waals surface area contributed by atoms with E-state index >= 15 is 0 Å². The maximum Gasteiger partial charge on any atom is 0.252 e. The van der Waals surface area contributed by atoms with Crippen molar-refractivity contribution in [2.45, 2.75) is 39.2 Å². The molecule has 1 N–H and O–H groups in total. The summed E-state index contributed by atoms with van der Waals surface area (Å²) in [6.07, 6.45) is 2.40. The van der Waals surface area contributed by atoms with Crippen LogP contribution < -0.4 is 14.8 Å². The number of carbonyl (C=O) groups is 2. The number of methoxy groups -OCH3 is 1. The molecule has 0 aromatic heterocycles. The van der Waals surface area contributed by atoms with Crippen LogP contribution in [0.25, 0.3) is 0 Å². The van der Waals surface area contributed by atoms with E-state index in [4.69, 9.17) is 21.1 Å². The number of likely N-dealkylation sites (tertiary alicyclic amines) is 1. The third-order valence-electron chi connectivity index (χ3n) is 5.36. The molecule has 1 fully saturated rings. The first kappa shape index (κ1) is 23.9. The van der Waals surface area contributed by atoms with E-state index in [0.717, 1.165) is 31.5 Å². The lowest BCUT2D eigenvalue weighted by Gasteiger charge is -2.24. The lowest BCUT2D eigenvalue weighted by molar-refractivity contribution is -0.132. The van der Waals surface area contributed by atoms with Gasteiger partial charge < -0.3 is 19.7 Å². The van der Waals surface area contributed by atoms with Gasteiger partial charge in [0.2, 0.25) is 5.91 Å². The zero-order chi connectivity index (χ0) is 23.1. The van der Waals surface area contributed by atoms with Crippen LogP contribution in [0.4, 0.5) is 0 Å². The van der Waals surface area contributed by atoms with E-state index in [1.165, 1.54) is 7.11 Å². The second kappa shape index (κ2) is 11.2. The number of carbonyl (C=O) groups excluding carboxylic acids is 2. The van der Waals surface area contributed by atoms with Gasteiger partial charge >= 0.3 is 0 Å². The van der Waals surface area contributed by atoms with E-state index < -0.39 is 6.04 Å². The number of rotatable bonds is 9. The van der Waals surface area contributed by atoms with Crippen molar-refractivity contribution < 1.29 is 19.1 Å². The molecule has 6 nitrogen and oxygen atoms in total. The fourth-order valence-electron chi connectivity index (χ4n) is 3.69. The van der Waals surface area contributed by atoms with Gasteiger partial charge in [0.05, 0.1) is 18.7 Å². The summed E-state index contributed by atoms with van der Waals surface area (Å²) < 4.78 is 11.2. The van der Waals surface area contributed by atoms with Crippen molar-refractivity contribution in [3.63, 3.8) is 0 Å². The highest BCUT2D eigenvalue weighted by atomic mass is 35.5. The number of ether oxygens (including phenoxy) is 2. The summed E-state index contributed by atoms with van der Waals surface area (Å²) in [5.41, 5.74) is 1.30. The molecular weight excluding hydrogens is 428 g/mol. The Morgan fingerprint density at radius 2 is 1.81 bits per heavy atom. The summed E-state index contributed by atoms with van der Waals surface area (Å²) in [7, 11) is 1.50. The Labute approximate surface area is 194 Å². The second-order valence-corrected chi connectivity index (χ2v) is 8.85. The van der Waals surface area contributed by atoms with Crippen molar-refractivity contribution >= 4 is 23.4 Å². The standard InChI is InChI=1S/C25H31ClN2O4/c1-17(2)16-32-23-20(26)14-19(15-22(23)31-3)24(29)27-21(13-18-9-5-4-6-10-18)25(30)28-11-7-8-12-28/h4-6,9-10,14-15,17,21H,7-8,11-13,16H2,1-3H3,(H,27,29). The maximum absolute atomic E-state index is 13.2. The number of benzene rings is 2. The summed E-state index contributed by atoms with van der Waals surface area (Å²) >= 11 is 6.41. The molecule has 1 aliphatic rings. The molecule has 7 heteroatoms. The van der Waals surface area contributed by atoms with Crippen LogP contribution in [0.5, 0.6) is 11.5 Å². The van der Waals surface area contributed by atoms with Gasteiger partial charge in [-0.3, -0.25) is 9.59 Å². The van der Waals surface area contributed by atoms with Crippen LogP contribution in [0.15, 0.2) is 42.5 Å². The summed E-state index contributed by atoms with van der Waals surface area (Å²) in [6, 6.07) is 12.2. The summed E-state index contributed by atoms with van der Waals surface area (Å²) in [5.74, 6) is 0.667. The molecule has 0 saturated carbocycles. The topological polar surface area (TPSA) is 67.9 Å². The quantitative estimate of drug-likeness (QED) is 0.606.